The maximum Gasteiger partial charge on any atom is 0.127 e. The Bertz CT molecular complexity index is 632. The quantitative estimate of drug-likeness (QED) is 0.824. The van der Waals surface area contributed by atoms with Crippen molar-refractivity contribution < 1.29 is 14.9 Å². The zero-order valence-electron chi connectivity index (χ0n) is 10.9. The molecule has 19 heavy (non-hydrogen) atoms. The molecule has 1 aliphatic rings. The van der Waals surface area contributed by atoms with Crippen LogP contribution in [0.15, 0.2) is 42.5 Å². The summed E-state index contributed by atoms with van der Waals surface area (Å²) in [5.74, 6) is 0.708. The van der Waals surface area contributed by atoms with Gasteiger partial charge < -0.3 is 14.9 Å². The molecular weight excluding hydrogens is 240 g/mol. The Morgan fingerprint density at radius 1 is 1.11 bits per heavy atom. The van der Waals surface area contributed by atoms with Crippen LogP contribution in [0.1, 0.15) is 24.2 Å². The zero-order chi connectivity index (χ0) is 13.6. The summed E-state index contributed by atoms with van der Waals surface area (Å²) < 4.78 is 5.39. The van der Waals surface area contributed by atoms with Crippen LogP contribution in [0.3, 0.4) is 0 Å². The number of hydrogen-bond acceptors (Lipinski definition) is 3. The summed E-state index contributed by atoms with van der Waals surface area (Å²) in [6.07, 6.45) is -0.965. The van der Waals surface area contributed by atoms with Crippen LogP contribution in [-0.4, -0.2) is 17.3 Å². The third-order valence-corrected chi connectivity index (χ3v) is 3.85. The summed E-state index contributed by atoms with van der Waals surface area (Å²) in [6, 6.07) is 13.1. The van der Waals surface area contributed by atoms with Crippen LogP contribution in [0.4, 0.5) is 0 Å². The lowest BCUT2D eigenvalue weighted by Crippen LogP contribution is -2.34. The number of rotatable bonds is 1. The SMILES string of the molecule is COc1cccc2c1-c1ccccc1[C@](C)(O)[C@H]2O. The molecule has 1 aliphatic carbocycles. The van der Waals surface area contributed by atoms with Crippen molar-refractivity contribution in [3.05, 3.63) is 53.6 Å². The fourth-order valence-corrected chi connectivity index (χ4v) is 2.83. The number of methoxy groups -OCH3 is 1. The summed E-state index contributed by atoms with van der Waals surface area (Å²) in [6.45, 7) is 1.64. The largest absolute Gasteiger partial charge is 0.496 e. The third-order valence-electron chi connectivity index (χ3n) is 3.85. The average Bonchev–Trinajstić information content (AvgIpc) is 2.44. The van der Waals surface area contributed by atoms with Crippen LogP contribution in [-0.2, 0) is 5.60 Å². The van der Waals surface area contributed by atoms with E-state index in [9.17, 15) is 10.2 Å². The Labute approximate surface area is 112 Å². The normalized spacial score (nSPS) is 24.5. The van der Waals surface area contributed by atoms with Crippen molar-refractivity contribution >= 4 is 0 Å². The van der Waals surface area contributed by atoms with Crippen LogP contribution in [0, 0.1) is 0 Å². The van der Waals surface area contributed by atoms with Gasteiger partial charge in [0.1, 0.15) is 17.5 Å². The highest BCUT2D eigenvalue weighted by molar-refractivity contribution is 5.80. The summed E-state index contributed by atoms with van der Waals surface area (Å²) in [5, 5.41) is 21.1. The Kier molecular flexibility index (Phi) is 2.62. The number of benzene rings is 2. The van der Waals surface area contributed by atoms with Gasteiger partial charge in [-0.2, -0.15) is 0 Å². The number of aliphatic hydroxyl groups is 2. The molecule has 0 saturated heterocycles. The second-order valence-corrected chi connectivity index (χ2v) is 5.02. The molecule has 3 heteroatoms. The fraction of sp³-hybridized carbons (Fsp3) is 0.250. The van der Waals surface area contributed by atoms with Crippen molar-refractivity contribution in [3.8, 4) is 16.9 Å². The predicted molar refractivity (Wildman–Crippen MR) is 73.0 cm³/mol. The van der Waals surface area contributed by atoms with Gasteiger partial charge in [0.25, 0.3) is 0 Å². The van der Waals surface area contributed by atoms with E-state index in [1.54, 1.807) is 14.0 Å². The molecule has 2 aromatic rings. The molecule has 0 saturated carbocycles. The van der Waals surface area contributed by atoms with E-state index < -0.39 is 11.7 Å². The van der Waals surface area contributed by atoms with Gasteiger partial charge in [0.05, 0.1) is 7.11 Å². The second-order valence-electron chi connectivity index (χ2n) is 5.02. The number of fused-ring (bicyclic) bond motifs is 3. The standard InChI is InChI=1S/C16H16O3/c1-16(18)12-8-4-3-6-10(12)14-11(15(16)17)7-5-9-13(14)19-2/h3-9,15,17-18H,1-2H3/t15-,16-/m0/s1. The van der Waals surface area contributed by atoms with Gasteiger partial charge in [-0.15, -0.1) is 0 Å². The summed E-state index contributed by atoms with van der Waals surface area (Å²) >= 11 is 0. The van der Waals surface area contributed by atoms with Gasteiger partial charge in [-0.3, -0.25) is 0 Å². The van der Waals surface area contributed by atoms with E-state index >= 15 is 0 Å². The van der Waals surface area contributed by atoms with Gasteiger partial charge in [-0.1, -0.05) is 36.4 Å². The monoisotopic (exact) mass is 256 g/mol. The molecule has 0 fully saturated rings. The van der Waals surface area contributed by atoms with Gasteiger partial charge in [-0.25, -0.2) is 0 Å². The molecule has 0 aliphatic heterocycles. The van der Waals surface area contributed by atoms with Gasteiger partial charge in [0.2, 0.25) is 0 Å². The van der Waals surface area contributed by atoms with Crippen molar-refractivity contribution in [3.63, 3.8) is 0 Å². The van der Waals surface area contributed by atoms with E-state index in [1.165, 1.54) is 0 Å². The van der Waals surface area contributed by atoms with Crippen molar-refractivity contribution in [1.29, 1.82) is 0 Å². The summed E-state index contributed by atoms with van der Waals surface area (Å²) in [5.41, 5.74) is 1.89. The van der Waals surface area contributed by atoms with Crippen molar-refractivity contribution in [2.24, 2.45) is 0 Å². The molecular formula is C16H16O3. The molecule has 3 nitrogen and oxygen atoms in total. The zero-order valence-corrected chi connectivity index (χ0v) is 10.9. The van der Waals surface area contributed by atoms with Crippen molar-refractivity contribution in [1.82, 2.24) is 0 Å². The average molecular weight is 256 g/mol. The Morgan fingerprint density at radius 2 is 1.84 bits per heavy atom. The number of ether oxygens (including phenoxy) is 1. The van der Waals surface area contributed by atoms with Gasteiger partial charge in [-0.05, 0) is 29.7 Å². The molecule has 0 bridgehead atoms. The topological polar surface area (TPSA) is 49.7 Å². The van der Waals surface area contributed by atoms with Gasteiger partial charge in [0.15, 0.2) is 0 Å². The minimum absolute atomic E-state index is 0.697. The first-order chi connectivity index (χ1) is 9.07. The van der Waals surface area contributed by atoms with E-state index in [0.29, 0.717) is 11.3 Å². The molecule has 0 radical (unpaired) electrons. The molecule has 2 N–H and O–H groups in total. The minimum Gasteiger partial charge on any atom is -0.496 e. The smallest absolute Gasteiger partial charge is 0.127 e. The maximum absolute atomic E-state index is 10.6. The number of aliphatic hydroxyl groups excluding tert-OH is 1. The molecule has 98 valence electrons. The Hall–Kier alpha value is -1.84. The first kappa shape index (κ1) is 12.2. The van der Waals surface area contributed by atoms with Gasteiger partial charge >= 0.3 is 0 Å². The van der Waals surface area contributed by atoms with E-state index in [2.05, 4.69) is 0 Å². The summed E-state index contributed by atoms with van der Waals surface area (Å²) in [4.78, 5) is 0. The molecule has 0 heterocycles. The lowest BCUT2D eigenvalue weighted by molar-refractivity contribution is -0.0704. The highest BCUT2D eigenvalue weighted by Crippen LogP contribution is 2.50. The fourth-order valence-electron chi connectivity index (χ4n) is 2.83. The van der Waals surface area contributed by atoms with Crippen molar-refractivity contribution in [2.45, 2.75) is 18.6 Å². The second kappa shape index (κ2) is 4.08. The number of hydrogen-bond donors (Lipinski definition) is 2. The molecule has 0 amide bonds. The lowest BCUT2D eigenvalue weighted by Gasteiger charge is -2.37. The maximum atomic E-state index is 10.6. The Morgan fingerprint density at radius 3 is 2.58 bits per heavy atom. The first-order valence-electron chi connectivity index (χ1n) is 6.24. The van der Waals surface area contributed by atoms with Crippen LogP contribution >= 0.6 is 0 Å². The van der Waals surface area contributed by atoms with Crippen molar-refractivity contribution in [2.75, 3.05) is 7.11 Å². The lowest BCUT2D eigenvalue weighted by atomic mass is 9.74. The van der Waals surface area contributed by atoms with Crippen LogP contribution in [0.2, 0.25) is 0 Å². The molecule has 3 rings (SSSR count). The van der Waals surface area contributed by atoms with E-state index in [4.69, 9.17) is 4.74 Å². The highest BCUT2D eigenvalue weighted by atomic mass is 16.5. The molecule has 0 aromatic heterocycles. The van der Waals surface area contributed by atoms with Gasteiger partial charge in [0, 0.05) is 5.56 Å². The van der Waals surface area contributed by atoms with E-state index in [-0.39, 0.29) is 0 Å². The highest BCUT2D eigenvalue weighted by Gasteiger charge is 2.41. The molecule has 2 atom stereocenters. The summed E-state index contributed by atoms with van der Waals surface area (Å²) in [7, 11) is 1.61. The first-order valence-corrected chi connectivity index (χ1v) is 6.24. The van der Waals surface area contributed by atoms with Crippen LogP contribution in [0.5, 0.6) is 5.75 Å². The van der Waals surface area contributed by atoms with Crippen LogP contribution in [0.25, 0.3) is 11.1 Å². The van der Waals surface area contributed by atoms with Crippen LogP contribution < -0.4 is 4.74 Å². The minimum atomic E-state index is -1.30. The third kappa shape index (κ3) is 1.59. The molecule has 0 spiro atoms. The Balaban J connectivity index is 2.39. The molecule has 2 aromatic carbocycles. The van der Waals surface area contributed by atoms with E-state index in [0.717, 1.165) is 16.7 Å². The van der Waals surface area contributed by atoms with E-state index in [1.807, 2.05) is 42.5 Å². The molecule has 0 unspecified atom stereocenters. The predicted octanol–water partition coefficient (Wildman–Crippen LogP) is 2.62.